The maximum atomic E-state index is 4.69. The zero-order chi connectivity index (χ0) is 15.2. The molecule has 0 spiro atoms. The smallest absolute Gasteiger partial charge is 0.185 e. The average Bonchev–Trinajstić information content (AvgIpc) is 2.96. The first-order valence-corrected chi connectivity index (χ1v) is 8.22. The molecule has 0 aliphatic rings. The molecule has 1 aromatic heterocycles. The fraction of sp³-hybridized carbons (Fsp3) is 0.438. The van der Waals surface area contributed by atoms with Crippen LogP contribution in [-0.4, -0.2) is 32.2 Å². The summed E-state index contributed by atoms with van der Waals surface area (Å²) in [5, 5.41) is 6.67. The highest BCUT2D eigenvalue weighted by Crippen LogP contribution is 2.21. The Morgan fingerprint density at radius 2 is 1.76 bits per heavy atom. The normalized spacial score (nSPS) is 10.5. The maximum absolute atomic E-state index is 4.69. The van der Waals surface area contributed by atoms with Crippen LogP contribution in [0.1, 0.15) is 19.5 Å². The number of benzene rings is 1. The number of hydrogen-bond donors (Lipinski definition) is 1. The zero-order valence-corrected chi connectivity index (χ0v) is 14.1. The Balaban J connectivity index is 1.93. The van der Waals surface area contributed by atoms with Crippen molar-refractivity contribution in [3.8, 4) is 0 Å². The molecule has 114 valence electrons. The van der Waals surface area contributed by atoms with Crippen LogP contribution in [0.3, 0.4) is 0 Å². The number of nitrogens with zero attached hydrogens (tertiary/aromatic N) is 3. The van der Waals surface area contributed by atoms with Crippen molar-refractivity contribution in [2.24, 2.45) is 0 Å². The van der Waals surface area contributed by atoms with Gasteiger partial charge < -0.3 is 15.1 Å². The first kappa shape index (κ1) is 15.6. The molecule has 0 unspecified atom stereocenters. The van der Waals surface area contributed by atoms with Crippen LogP contribution < -0.4 is 15.1 Å². The maximum Gasteiger partial charge on any atom is 0.185 e. The molecule has 0 bridgehead atoms. The lowest BCUT2D eigenvalue weighted by Crippen LogP contribution is -2.21. The Morgan fingerprint density at radius 1 is 1.10 bits per heavy atom. The van der Waals surface area contributed by atoms with Crippen molar-refractivity contribution in [3.05, 3.63) is 35.3 Å². The van der Waals surface area contributed by atoms with Crippen molar-refractivity contribution in [3.63, 3.8) is 0 Å². The summed E-state index contributed by atoms with van der Waals surface area (Å²) >= 11 is 1.72. The van der Waals surface area contributed by atoms with E-state index in [0.717, 1.165) is 36.1 Å². The fourth-order valence-corrected chi connectivity index (χ4v) is 3.04. The van der Waals surface area contributed by atoms with E-state index < -0.39 is 0 Å². The van der Waals surface area contributed by atoms with Gasteiger partial charge in [-0.25, -0.2) is 4.98 Å². The number of hydrogen-bond acceptors (Lipinski definition) is 5. The van der Waals surface area contributed by atoms with E-state index in [-0.39, 0.29) is 0 Å². The lowest BCUT2D eigenvalue weighted by atomic mass is 10.2. The van der Waals surface area contributed by atoms with E-state index in [1.807, 2.05) is 14.1 Å². The van der Waals surface area contributed by atoms with Crippen LogP contribution in [0.2, 0.25) is 0 Å². The van der Waals surface area contributed by atoms with Gasteiger partial charge in [-0.3, -0.25) is 0 Å². The Morgan fingerprint density at radius 3 is 2.33 bits per heavy atom. The molecule has 0 aliphatic heterocycles. The van der Waals surface area contributed by atoms with Crippen LogP contribution in [0.15, 0.2) is 29.6 Å². The molecule has 0 saturated carbocycles. The van der Waals surface area contributed by atoms with Crippen LogP contribution in [0.25, 0.3) is 0 Å². The third-order valence-corrected chi connectivity index (χ3v) is 4.38. The minimum atomic E-state index is 0.763. The van der Waals surface area contributed by atoms with E-state index in [1.54, 1.807) is 11.3 Å². The van der Waals surface area contributed by atoms with Crippen molar-refractivity contribution in [1.29, 1.82) is 0 Å². The lowest BCUT2D eigenvalue weighted by Gasteiger charge is -2.16. The van der Waals surface area contributed by atoms with Gasteiger partial charge >= 0.3 is 0 Å². The van der Waals surface area contributed by atoms with Crippen molar-refractivity contribution in [1.82, 2.24) is 4.98 Å². The second-order valence-corrected chi connectivity index (χ2v) is 5.93. The van der Waals surface area contributed by atoms with E-state index in [1.165, 1.54) is 5.69 Å². The van der Waals surface area contributed by atoms with Gasteiger partial charge in [-0.05, 0) is 38.1 Å². The Bertz CT molecular complexity index is 544. The highest BCUT2D eigenvalue weighted by molar-refractivity contribution is 7.13. The molecule has 2 aromatic rings. The van der Waals surface area contributed by atoms with Crippen LogP contribution in [0.4, 0.5) is 16.5 Å². The van der Waals surface area contributed by atoms with Gasteiger partial charge in [-0.15, -0.1) is 11.3 Å². The summed E-state index contributed by atoms with van der Waals surface area (Å²) in [5.74, 6) is 0. The highest BCUT2D eigenvalue weighted by Gasteiger charge is 2.07. The predicted molar refractivity (Wildman–Crippen MR) is 93.8 cm³/mol. The number of nitrogens with one attached hydrogen (secondary N) is 1. The Kier molecular flexibility index (Phi) is 5.44. The topological polar surface area (TPSA) is 31.4 Å². The van der Waals surface area contributed by atoms with Gasteiger partial charge in [0.2, 0.25) is 0 Å². The van der Waals surface area contributed by atoms with E-state index in [4.69, 9.17) is 0 Å². The molecule has 1 N–H and O–H groups in total. The molecule has 0 radical (unpaired) electrons. The molecule has 4 nitrogen and oxygen atoms in total. The summed E-state index contributed by atoms with van der Waals surface area (Å²) in [4.78, 5) is 9.06. The standard InChI is InChI=1S/C16H24N4S/c1-5-20(6-2)16-18-14(12-21-16)11-17-13-7-9-15(10-8-13)19(3)4/h7-10,12,17H,5-6,11H2,1-4H3. The largest absolute Gasteiger partial charge is 0.379 e. The molecule has 1 heterocycles. The van der Waals surface area contributed by atoms with Gasteiger partial charge in [0.15, 0.2) is 5.13 Å². The molecule has 0 atom stereocenters. The molecule has 0 fully saturated rings. The second-order valence-electron chi connectivity index (χ2n) is 5.09. The van der Waals surface area contributed by atoms with Crippen molar-refractivity contribution >= 4 is 27.8 Å². The van der Waals surface area contributed by atoms with Gasteiger partial charge in [0.1, 0.15) is 0 Å². The molecule has 2 rings (SSSR count). The van der Waals surface area contributed by atoms with Gasteiger partial charge in [-0.1, -0.05) is 0 Å². The van der Waals surface area contributed by atoms with Crippen molar-refractivity contribution in [2.75, 3.05) is 42.3 Å². The summed E-state index contributed by atoms with van der Waals surface area (Å²) < 4.78 is 0. The van der Waals surface area contributed by atoms with Crippen LogP contribution in [0.5, 0.6) is 0 Å². The average molecular weight is 304 g/mol. The van der Waals surface area contributed by atoms with Crippen LogP contribution >= 0.6 is 11.3 Å². The van der Waals surface area contributed by atoms with E-state index in [9.17, 15) is 0 Å². The molecule has 0 aliphatic carbocycles. The highest BCUT2D eigenvalue weighted by atomic mass is 32.1. The summed E-state index contributed by atoms with van der Waals surface area (Å²) in [6, 6.07) is 8.44. The minimum Gasteiger partial charge on any atom is -0.379 e. The van der Waals surface area contributed by atoms with Gasteiger partial charge in [-0.2, -0.15) is 0 Å². The molecule has 0 amide bonds. The predicted octanol–water partition coefficient (Wildman–Crippen LogP) is 3.67. The number of thiazole rings is 1. The molecular weight excluding hydrogens is 280 g/mol. The molecule has 21 heavy (non-hydrogen) atoms. The van der Waals surface area contributed by atoms with Crippen LogP contribution in [0, 0.1) is 0 Å². The van der Waals surface area contributed by atoms with Gasteiger partial charge in [0.25, 0.3) is 0 Å². The van der Waals surface area contributed by atoms with Gasteiger partial charge in [0, 0.05) is 43.9 Å². The van der Waals surface area contributed by atoms with Crippen molar-refractivity contribution in [2.45, 2.75) is 20.4 Å². The van der Waals surface area contributed by atoms with Crippen LogP contribution in [-0.2, 0) is 6.54 Å². The summed E-state index contributed by atoms with van der Waals surface area (Å²) in [7, 11) is 4.10. The second kappa shape index (κ2) is 7.31. The number of rotatable bonds is 7. The molecule has 1 aromatic carbocycles. The van der Waals surface area contributed by atoms with E-state index >= 15 is 0 Å². The summed E-state index contributed by atoms with van der Waals surface area (Å²) in [6.45, 7) is 7.09. The molecule has 5 heteroatoms. The molecular formula is C16H24N4S. The minimum absolute atomic E-state index is 0.763. The lowest BCUT2D eigenvalue weighted by molar-refractivity contribution is 0.854. The third-order valence-electron chi connectivity index (χ3n) is 3.43. The third kappa shape index (κ3) is 4.11. The number of anilines is 3. The first-order valence-electron chi connectivity index (χ1n) is 7.34. The quantitative estimate of drug-likeness (QED) is 0.846. The fourth-order valence-electron chi connectivity index (χ4n) is 2.09. The Hall–Kier alpha value is -1.75. The Labute approximate surface area is 131 Å². The monoisotopic (exact) mass is 304 g/mol. The van der Waals surface area contributed by atoms with E-state index in [0.29, 0.717) is 0 Å². The summed E-state index contributed by atoms with van der Waals surface area (Å²) in [5.41, 5.74) is 3.43. The van der Waals surface area contributed by atoms with Gasteiger partial charge in [0.05, 0.1) is 12.2 Å². The zero-order valence-electron chi connectivity index (χ0n) is 13.3. The first-order chi connectivity index (χ1) is 10.1. The molecule has 0 saturated heterocycles. The number of aromatic nitrogens is 1. The summed E-state index contributed by atoms with van der Waals surface area (Å²) in [6.07, 6.45) is 0. The van der Waals surface area contributed by atoms with Crippen molar-refractivity contribution < 1.29 is 0 Å². The van der Waals surface area contributed by atoms with E-state index in [2.05, 4.69) is 63.6 Å². The SMILES string of the molecule is CCN(CC)c1nc(CNc2ccc(N(C)C)cc2)cs1.